The molecular formula is C32H41Cl2N3O3. The predicted molar refractivity (Wildman–Crippen MR) is 160 cm³/mol. The van der Waals surface area contributed by atoms with Crippen molar-refractivity contribution >= 4 is 40.8 Å². The normalized spacial score (nSPS) is 22.2. The summed E-state index contributed by atoms with van der Waals surface area (Å²) in [6.45, 7) is 7.38. The Balaban J connectivity index is 1.53. The Morgan fingerprint density at radius 1 is 1.05 bits per heavy atom. The number of Topliss-reactive ketones (excluding diaryl/α,β-unsaturated/α-hetero) is 1. The molecule has 2 aliphatic rings. The smallest absolute Gasteiger partial charge is 0.243 e. The highest BCUT2D eigenvalue weighted by molar-refractivity contribution is 6.42. The van der Waals surface area contributed by atoms with Gasteiger partial charge in [-0.15, -0.1) is 0 Å². The van der Waals surface area contributed by atoms with E-state index in [-0.39, 0.29) is 41.5 Å². The van der Waals surface area contributed by atoms with Gasteiger partial charge >= 0.3 is 0 Å². The zero-order valence-electron chi connectivity index (χ0n) is 23.7. The monoisotopic (exact) mass is 585 g/mol. The lowest BCUT2D eigenvalue weighted by Gasteiger charge is -2.33. The average molecular weight is 587 g/mol. The fourth-order valence-electron chi connectivity index (χ4n) is 6.28. The summed E-state index contributed by atoms with van der Waals surface area (Å²) in [5, 5.41) is 3.96. The van der Waals surface area contributed by atoms with E-state index >= 15 is 0 Å². The second kappa shape index (κ2) is 14.0. The van der Waals surface area contributed by atoms with Gasteiger partial charge in [-0.25, -0.2) is 0 Å². The fourth-order valence-corrected chi connectivity index (χ4v) is 6.60. The van der Waals surface area contributed by atoms with Gasteiger partial charge in [0.05, 0.1) is 16.1 Å². The molecule has 0 spiro atoms. The molecule has 4 atom stereocenters. The van der Waals surface area contributed by atoms with Crippen molar-refractivity contribution in [2.45, 2.75) is 84.0 Å². The van der Waals surface area contributed by atoms with Crippen molar-refractivity contribution in [2.24, 2.45) is 11.8 Å². The van der Waals surface area contributed by atoms with Crippen LogP contribution in [0.4, 0.5) is 0 Å². The van der Waals surface area contributed by atoms with E-state index in [9.17, 15) is 14.4 Å². The van der Waals surface area contributed by atoms with Crippen LogP contribution in [0.2, 0.25) is 10.0 Å². The van der Waals surface area contributed by atoms with Crippen LogP contribution in [-0.2, 0) is 27.3 Å². The highest BCUT2D eigenvalue weighted by Gasteiger charge is 2.46. The maximum absolute atomic E-state index is 14.1. The number of fused-ring (bicyclic) bond motifs is 1. The molecule has 0 saturated carbocycles. The molecule has 0 aliphatic carbocycles. The Hall–Kier alpha value is -2.41. The molecule has 40 heavy (non-hydrogen) atoms. The Kier molecular flexibility index (Phi) is 10.7. The van der Waals surface area contributed by atoms with E-state index in [1.54, 1.807) is 19.1 Å². The Labute approximate surface area is 248 Å². The molecule has 1 N–H and O–H groups in total. The van der Waals surface area contributed by atoms with Crippen molar-refractivity contribution in [1.29, 1.82) is 0 Å². The first-order valence-electron chi connectivity index (χ1n) is 14.4. The molecule has 2 saturated heterocycles. The van der Waals surface area contributed by atoms with Crippen molar-refractivity contribution in [2.75, 3.05) is 13.1 Å². The summed E-state index contributed by atoms with van der Waals surface area (Å²) in [5.41, 5.74) is 2.13. The maximum Gasteiger partial charge on any atom is 0.243 e. The van der Waals surface area contributed by atoms with E-state index in [1.165, 1.54) is 5.56 Å². The van der Waals surface area contributed by atoms with Gasteiger partial charge in [-0.3, -0.25) is 14.5 Å². The summed E-state index contributed by atoms with van der Waals surface area (Å²) < 4.78 is 0. The van der Waals surface area contributed by atoms with Crippen molar-refractivity contribution < 1.29 is 14.4 Å². The molecule has 2 aromatic carbocycles. The van der Waals surface area contributed by atoms with E-state index in [4.69, 9.17) is 23.2 Å². The predicted octanol–water partition coefficient (Wildman–Crippen LogP) is 5.93. The molecule has 1 unspecified atom stereocenters. The molecule has 0 radical (unpaired) electrons. The van der Waals surface area contributed by atoms with Gasteiger partial charge < -0.3 is 15.0 Å². The van der Waals surface area contributed by atoms with E-state index in [0.29, 0.717) is 42.4 Å². The minimum Gasteiger partial charge on any atom is -0.350 e. The largest absolute Gasteiger partial charge is 0.350 e. The van der Waals surface area contributed by atoms with Crippen molar-refractivity contribution in [3.63, 3.8) is 0 Å². The van der Waals surface area contributed by atoms with Gasteiger partial charge in [0.1, 0.15) is 11.8 Å². The lowest BCUT2D eigenvalue weighted by atomic mass is 9.97. The number of amides is 2. The third-order valence-electron chi connectivity index (χ3n) is 8.18. The zero-order chi connectivity index (χ0) is 28.8. The number of aryl methyl sites for hydroxylation is 1. The third kappa shape index (κ3) is 7.86. The maximum atomic E-state index is 14.1. The summed E-state index contributed by atoms with van der Waals surface area (Å²) >= 11 is 12.2. The molecule has 2 fully saturated rings. The van der Waals surface area contributed by atoms with E-state index in [2.05, 4.69) is 48.3 Å². The highest BCUT2D eigenvalue weighted by atomic mass is 35.5. The average Bonchev–Trinajstić information content (AvgIpc) is 3.28. The fraction of sp³-hybridized carbons (Fsp3) is 0.531. The number of rotatable bonds is 11. The topological polar surface area (TPSA) is 69.7 Å². The van der Waals surface area contributed by atoms with Crippen LogP contribution in [0.25, 0.3) is 0 Å². The molecule has 2 aromatic rings. The van der Waals surface area contributed by atoms with Crippen LogP contribution in [0.1, 0.15) is 64.0 Å². The number of nitrogens with one attached hydrogen (secondary N) is 1. The molecule has 0 aromatic heterocycles. The molecular weight excluding hydrogens is 545 g/mol. The Morgan fingerprint density at radius 2 is 1.80 bits per heavy atom. The van der Waals surface area contributed by atoms with Crippen LogP contribution in [-0.4, -0.2) is 58.6 Å². The standard InChI is InChI=1S/C32H41Cl2N3O3/c1-21(2)15-29(31(39)35-19-24-10-12-27(33)28(34)17-24)36-14-13-26(11-9-23-7-5-4-6-8-23)37-20-25(16-22(3)38)18-30(37)32(36)40/h4-8,10,12,17,21,25-26,29-30H,9,11,13-16,18-20H2,1-3H3,(H,35,39)/t25-,26?,29-,30+/m1/s1. The van der Waals surface area contributed by atoms with E-state index < -0.39 is 6.04 Å². The summed E-state index contributed by atoms with van der Waals surface area (Å²) in [7, 11) is 0. The third-order valence-corrected chi connectivity index (χ3v) is 8.91. The van der Waals surface area contributed by atoms with Crippen LogP contribution in [0.5, 0.6) is 0 Å². The lowest BCUT2D eigenvalue weighted by molar-refractivity contribution is -0.143. The number of ketones is 1. The summed E-state index contributed by atoms with van der Waals surface area (Å²) in [6.07, 6.45) is 4.40. The lowest BCUT2D eigenvalue weighted by Crippen LogP contribution is -2.53. The SMILES string of the molecule is CC(=O)C[C@@H]1C[C@H]2C(=O)N([C@H](CC(C)C)C(=O)NCc3ccc(Cl)c(Cl)c3)CCC(CCc3ccccc3)N2C1. The molecule has 0 bridgehead atoms. The molecule has 4 rings (SSSR count). The number of carbonyl (C=O) groups excluding carboxylic acids is 3. The number of hydrogen-bond acceptors (Lipinski definition) is 4. The van der Waals surface area contributed by atoms with Gasteiger partial charge in [-0.1, -0.05) is 73.4 Å². The van der Waals surface area contributed by atoms with Crippen LogP contribution in [0.3, 0.4) is 0 Å². The van der Waals surface area contributed by atoms with Crippen molar-refractivity contribution in [3.8, 4) is 0 Å². The van der Waals surface area contributed by atoms with Gasteiger partial charge in [0.15, 0.2) is 0 Å². The zero-order valence-corrected chi connectivity index (χ0v) is 25.3. The number of hydrogen-bond donors (Lipinski definition) is 1. The first kappa shape index (κ1) is 30.5. The minimum absolute atomic E-state index is 0.0172. The minimum atomic E-state index is -0.558. The van der Waals surface area contributed by atoms with Gasteiger partial charge in [-0.2, -0.15) is 0 Å². The molecule has 216 valence electrons. The van der Waals surface area contributed by atoms with Crippen molar-refractivity contribution in [3.05, 3.63) is 69.7 Å². The second-order valence-electron chi connectivity index (χ2n) is 11.8. The Morgan fingerprint density at radius 3 is 2.48 bits per heavy atom. The van der Waals surface area contributed by atoms with E-state index in [1.807, 2.05) is 17.0 Å². The van der Waals surface area contributed by atoms with Crippen LogP contribution < -0.4 is 5.32 Å². The quantitative estimate of drug-likeness (QED) is 0.355. The summed E-state index contributed by atoms with van der Waals surface area (Å²) in [4.78, 5) is 43.9. The van der Waals surface area contributed by atoms with Gasteiger partial charge in [0.2, 0.25) is 11.8 Å². The van der Waals surface area contributed by atoms with Crippen LogP contribution in [0, 0.1) is 11.8 Å². The van der Waals surface area contributed by atoms with Crippen LogP contribution in [0.15, 0.2) is 48.5 Å². The summed E-state index contributed by atoms with van der Waals surface area (Å²) in [6, 6.07) is 15.1. The Bertz CT molecular complexity index is 1190. The number of nitrogens with zero attached hydrogens (tertiary/aromatic N) is 2. The van der Waals surface area contributed by atoms with Gasteiger partial charge in [0.25, 0.3) is 0 Å². The first-order valence-corrected chi connectivity index (χ1v) is 15.2. The number of halogens is 2. The van der Waals surface area contributed by atoms with Crippen molar-refractivity contribution in [1.82, 2.24) is 15.1 Å². The van der Waals surface area contributed by atoms with E-state index in [0.717, 1.165) is 31.4 Å². The number of carbonyl (C=O) groups is 3. The van der Waals surface area contributed by atoms with Gasteiger partial charge in [0, 0.05) is 32.1 Å². The second-order valence-corrected chi connectivity index (χ2v) is 12.6. The molecule has 2 amide bonds. The molecule has 8 heteroatoms. The molecule has 2 heterocycles. The number of benzene rings is 2. The first-order chi connectivity index (χ1) is 19.1. The summed E-state index contributed by atoms with van der Waals surface area (Å²) in [5.74, 6) is 0.421. The highest BCUT2D eigenvalue weighted by Crippen LogP contribution is 2.35. The van der Waals surface area contributed by atoms with Crippen LogP contribution >= 0.6 is 23.2 Å². The molecule has 2 aliphatic heterocycles. The van der Waals surface area contributed by atoms with Gasteiger partial charge in [-0.05, 0) is 74.1 Å². The molecule has 6 nitrogen and oxygen atoms in total.